The molecular formula is C28H38BrN3O5S. The summed E-state index contributed by atoms with van der Waals surface area (Å²) in [4.78, 5) is 18.1. The van der Waals surface area contributed by atoms with Crippen LogP contribution in [0.25, 0.3) is 0 Å². The lowest BCUT2D eigenvalue weighted by Crippen LogP contribution is -2.32. The molecule has 1 N–H and O–H groups in total. The van der Waals surface area contributed by atoms with E-state index < -0.39 is 21.9 Å². The minimum atomic E-state index is -3.20. The van der Waals surface area contributed by atoms with Gasteiger partial charge >= 0.3 is 0 Å². The molecule has 208 valence electrons. The minimum absolute atomic E-state index is 0.0584. The SMILES string of the molecule is CCCC1CC(=O)C2=C(C1)N=C(C)C(C#N)C2c1cc(Br)c(OCCCCNS(=O)(=O)CC)c(OCC)c1. The Morgan fingerprint density at radius 1 is 1.18 bits per heavy atom. The third kappa shape index (κ3) is 7.25. The van der Waals surface area contributed by atoms with Crippen molar-refractivity contribution in [2.75, 3.05) is 25.5 Å². The molecule has 0 aromatic heterocycles. The topological polar surface area (TPSA) is 118 Å². The zero-order chi connectivity index (χ0) is 27.9. The summed E-state index contributed by atoms with van der Waals surface area (Å²) in [5, 5.41) is 10.1. The molecule has 1 aliphatic heterocycles. The summed E-state index contributed by atoms with van der Waals surface area (Å²) in [6, 6.07) is 6.18. The number of carbonyl (C=O) groups is 1. The zero-order valence-electron chi connectivity index (χ0n) is 22.7. The third-order valence-electron chi connectivity index (χ3n) is 7.02. The Balaban J connectivity index is 1.86. The van der Waals surface area contributed by atoms with Gasteiger partial charge in [0.15, 0.2) is 17.3 Å². The number of halogens is 1. The van der Waals surface area contributed by atoms with Crippen LogP contribution in [0.1, 0.15) is 77.7 Å². The zero-order valence-corrected chi connectivity index (χ0v) is 25.1. The van der Waals surface area contributed by atoms with Crippen LogP contribution in [0.3, 0.4) is 0 Å². The van der Waals surface area contributed by atoms with Crippen LogP contribution in [0.5, 0.6) is 11.5 Å². The molecule has 0 saturated carbocycles. The molecule has 0 amide bonds. The first-order chi connectivity index (χ1) is 18.1. The number of nitrogens with zero attached hydrogens (tertiary/aromatic N) is 2. The second-order valence-corrected chi connectivity index (χ2v) is 12.8. The van der Waals surface area contributed by atoms with Gasteiger partial charge in [-0.25, -0.2) is 13.1 Å². The molecule has 1 aromatic rings. The summed E-state index contributed by atoms with van der Waals surface area (Å²) in [6.07, 6.45) is 4.56. The largest absolute Gasteiger partial charge is 0.490 e. The smallest absolute Gasteiger partial charge is 0.211 e. The first kappa shape index (κ1) is 30.3. The third-order valence-corrected chi connectivity index (χ3v) is 9.01. The molecule has 1 aromatic carbocycles. The number of benzene rings is 1. The summed E-state index contributed by atoms with van der Waals surface area (Å²) >= 11 is 3.63. The van der Waals surface area contributed by atoms with Crippen LogP contribution in [0.15, 0.2) is 32.9 Å². The molecule has 1 heterocycles. The standard InChI is InChI=1S/C28H38BrN3O5S/c1-5-10-19-13-23-27(24(33)14-19)26(21(17-30)18(4)32-23)20-15-22(29)28(25(16-20)36-6-2)37-12-9-8-11-31-38(34,35)7-3/h15-16,19,21,26,31H,5-14H2,1-4H3. The highest BCUT2D eigenvalue weighted by Gasteiger charge is 2.41. The number of hydrogen-bond donors (Lipinski definition) is 1. The summed E-state index contributed by atoms with van der Waals surface area (Å²) < 4.78 is 38.4. The number of nitrogens with one attached hydrogen (secondary N) is 1. The number of allylic oxidation sites excluding steroid dienone is 2. The Hall–Kier alpha value is -2.22. The van der Waals surface area contributed by atoms with E-state index in [4.69, 9.17) is 14.5 Å². The molecule has 0 bridgehead atoms. The average Bonchev–Trinajstić information content (AvgIpc) is 2.86. The van der Waals surface area contributed by atoms with Crippen LogP contribution in [0, 0.1) is 23.2 Å². The Kier molecular flexibility index (Phi) is 10.9. The highest BCUT2D eigenvalue weighted by Crippen LogP contribution is 2.48. The van der Waals surface area contributed by atoms with E-state index in [2.05, 4.69) is 33.6 Å². The predicted molar refractivity (Wildman–Crippen MR) is 152 cm³/mol. The van der Waals surface area contributed by atoms with Crippen molar-refractivity contribution in [1.82, 2.24) is 4.72 Å². The number of Topliss-reactive ketones (excluding diaryl/α,β-unsaturated/α-hetero) is 1. The van der Waals surface area contributed by atoms with E-state index in [-0.39, 0.29) is 11.5 Å². The number of aliphatic imine (C=N–C) groups is 1. The van der Waals surface area contributed by atoms with E-state index in [1.165, 1.54) is 0 Å². The summed E-state index contributed by atoms with van der Waals surface area (Å²) in [5.74, 6) is 0.559. The van der Waals surface area contributed by atoms with Crippen LogP contribution in [-0.4, -0.2) is 45.4 Å². The number of unbranched alkanes of at least 4 members (excludes halogenated alkanes) is 1. The fourth-order valence-electron chi connectivity index (χ4n) is 5.18. The Bertz CT molecular complexity index is 1240. The molecule has 10 heteroatoms. The monoisotopic (exact) mass is 607 g/mol. The summed E-state index contributed by atoms with van der Waals surface area (Å²) in [5.41, 5.74) is 3.03. The number of hydrogen-bond acceptors (Lipinski definition) is 7. The normalized spacial score (nSPS) is 21.5. The van der Waals surface area contributed by atoms with Crippen molar-refractivity contribution in [3.8, 4) is 17.6 Å². The second kappa shape index (κ2) is 13.7. The molecular weight excluding hydrogens is 570 g/mol. The maximum absolute atomic E-state index is 13.4. The Morgan fingerprint density at radius 3 is 2.61 bits per heavy atom. The van der Waals surface area contributed by atoms with Gasteiger partial charge < -0.3 is 9.47 Å². The van der Waals surface area contributed by atoms with Crippen molar-refractivity contribution in [3.05, 3.63) is 33.4 Å². The van der Waals surface area contributed by atoms with E-state index in [0.29, 0.717) is 66.5 Å². The van der Waals surface area contributed by atoms with E-state index in [1.54, 1.807) is 6.92 Å². The number of sulfonamides is 1. The molecule has 3 atom stereocenters. The highest BCUT2D eigenvalue weighted by molar-refractivity contribution is 9.10. The molecule has 0 radical (unpaired) electrons. The maximum atomic E-state index is 13.4. The van der Waals surface area contributed by atoms with Gasteiger partial charge in [-0.05, 0) is 86.0 Å². The van der Waals surface area contributed by atoms with Crippen LogP contribution in [0.4, 0.5) is 0 Å². The fourth-order valence-corrected chi connectivity index (χ4v) is 6.41. The highest BCUT2D eigenvalue weighted by atomic mass is 79.9. The molecule has 38 heavy (non-hydrogen) atoms. The number of ketones is 1. The van der Waals surface area contributed by atoms with Gasteiger partial charge in [0.25, 0.3) is 0 Å². The number of rotatable bonds is 13. The van der Waals surface area contributed by atoms with Crippen LogP contribution < -0.4 is 14.2 Å². The lowest BCUT2D eigenvalue weighted by atomic mass is 9.70. The first-order valence-corrected chi connectivity index (χ1v) is 15.9. The van der Waals surface area contributed by atoms with Crippen molar-refractivity contribution in [1.29, 1.82) is 5.26 Å². The van der Waals surface area contributed by atoms with Gasteiger partial charge in [-0.2, -0.15) is 5.26 Å². The summed E-state index contributed by atoms with van der Waals surface area (Å²) in [7, 11) is -3.20. The Morgan fingerprint density at radius 2 is 1.95 bits per heavy atom. The van der Waals surface area contributed by atoms with Crippen molar-refractivity contribution < 1.29 is 22.7 Å². The molecule has 0 fully saturated rings. The van der Waals surface area contributed by atoms with Gasteiger partial charge in [0.1, 0.15) is 0 Å². The van der Waals surface area contributed by atoms with Crippen LogP contribution >= 0.6 is 15.9 Å². The molecule has 0 spiro atoms. The maximum Gasteiger partial charge on any atom is 0.211 e. The lowest BCUT2D eigenvalue weighted by Gasteiger charge is -2.35. The van der Waals surface area contributed by atoms with Crippen molar-refractivity contribution in [3.63, 3.8) is 0 Å². The fraction of sp³-hybridized carbons (Fsp3) is 0.607. The van der Waals surface area contributed by atoms with Crippen molar-refractivity contribution in [2.24, 2.45) is 16.8 Å². The van der Waals surface area contributed by atoms with E-state index in [0.717, 1.165) is 36.2 Å². The average molecular weight is 609 g/mol. The predicted octanol–water partition coefficient (Wildman–Crippen LogP) is 5.68. The molecule has 0 saturated heterocycles. The summed E-state index contributed by atoms with van der Waals surface area (Å²) in [6.45, 7) is 8.65. The molecule has 3 unspecified atom stereocenters. The van der Waals surface area contributed by atoms with Crippen molar-refractivity contribution in [2.45, 2.75) is 72.1 Å². The van der Waals surface area contributed by atoms with E-state index >= 15 is 0 Å². The molecule has 2 aliphatic rings. The Labute approximate surface area is 235 Å². The number of nitriles is 1. The van der Waals surface area contributed by atoms with Gasteiger partial charge in [-0.3, -0.25) is 9.79 Å². The minimum Gasteiger partial charge on any atom is -0.490 e. The van der Waals surface area contributed by atoms with Crippen molar-refractivity contribution >= 4 is 37.4 Å². The number of ether oxygens (including phenoxy) is 2. The first-order valence-electron chi connectivity index (χ1n) is 13.4. The van der Waals surface area contributed by atoms with Crippen LogP contribution in [-0.2, 0) is 14.8 Å². The number of carbonyl (C=O) groups excluding carboxylic acids is 1. The second-order valence-electron chi connectivity index (χ2n) is 9.80. The van der Waals surface area contributed by atoms with Gasteiger partial charge in [-0.1, -0.05) is 13.3 Å². The van der Waals surface area contributed by atoms with E-state index in [1.807, 2.05) is 26.0 Å². The van der Waals surface area contributed by atoms with Gasteiger partial charge in [0, 0.05) is 35.9 Å². The van der Waals surface area contributed by atoms with Gasteiger partial charge in [-0.15, -0.1) is 0 Å². The molecule has 3 rings (SSSR count). The molecule has 1 aliphatic carbocycles. The van der Waals surface area contributed by atoms with Gasteiger partial charge in [0.2, 0.25) is 10.0 Å². The molecule has 8 nitrogen and oxygen atoms in total. The quantitative estimate of drug-likeness (QED) is 0.288. The van der Waals surface area contributed by atoms with Crippen LogP contribution in [0.2, 0.25) is 0 Å². The van der Waals surface area contributed by atoms with Gasteiger partial charge in [0.05, 0.1) is 35.4 Å². The lowest BCUT2D eigenvalue weighted by molar-refractivity contribution is -0.117. The van der Waals surface area contributed by atoms with E-state index in [9.17, 15) is 18.5 Å².